The molecule has 1 fully saturated rings. The van der Waals surface area contributed by atoms with Gasteiger partial charge in [-0.05, 0) is 30.7 Å². The van der Waals surface area contributed by atoms with E-state index in [0.29, 0.717) is 13.0 Å². The lowest BCUT2D eigenvalue weighted by molar-refractivity contribution is -0.129. The zero-order valence-electron chi connectivity index (χ0n) is 9.79. The molecule has 0 saturated carbocycles. The largest absolute Gasteiger partial charge is 0.319 e. The van der Waals surface area contributed by atoms with Crippen LogP contribution in [-0.2, 0) is 4.79 Å². The van der Waals surface area contributed by atoms with Crippen molar-refractivity contribution in [1.82, 2.24) is 4.90 Å². The minimum absolute atomic E-state index is 0.0545. The van der Waals surface area contributed by atoms with Crippen LogP contribution >= 0.6 is 15.9 Å². The van der Waals surface area contributed by atoms with E-state index in [0.717, 1.165) is 23.1 Å². The molecule has 6 heteroatoms. The Morgan fingerprint density at radius 1 is 1.28 bits per heavy atom. The number of hydrogen-bond acceptors (Lipinski definition) is 4. The second-order valence-corrected chi connectivity index (χ2v) is 5.32. The maximum atomic E-state index is 11.8. The van der Waals surface area contributed by atoms with E-state index in [9.17, 15) is 4.79 Å². The number of carbonyl (C=O) groups excluding carboxylic acids is 1. The Labute approximate surface area is 114 Å². The van der Waals surface area contributed by atoms with Crippen molar-refractivity contribution in [3.63, 3.8) is 0 Å². The van der Waals surface area contributed by atoms with Crippen molar-refractivity contribution in [2.24, 2.45) is 10.3 Å². The molecule has 2 aliphatic heterocycles. The second kappa shape index (κ2) is 4.68. The summed E-state index contributed by atoms with van der Waals surface area (Å²) in [6.07, 6.45) is 1.52. The quantitative estimate of drug-likeness (QED) is 0.843. The molecule has 3 rings (SSSR count). The molecule has 1 amide bonds. The number of likely N-dealkylation sites (tertiary alicyclic amines) is 1. The third-order valence-corrected chi connectivity index (χ3v) is 3.78. The first kappa shape index (κ1) is 11.6. The predicted molar refractivity (Wildman–Crippen MR) is 71.1 cm³/mol. The lowest BCUT2D eigenvalue weighted by atomic mass is 10.3. The fourth-order valence-corrected chi connectivity index (χ4v) is 2.61. The SMILES string of the molecule is O=C1CCCN1C1CN=NN1c1ccc(Br)cc1. The summed E-state index contributed by atoms with van der Waals surface area (Å²) in [4.78, 5) is 13.7. The van der Waals surface area contributed by atoms with Crippen LogP contribution in [0.5, 0.6) is 0 Å². The van der Waals surface area contributed by atoms with Crippen molar-refractivity contribution in [1.29, 1.82) is 0 Å². The van der Waals surface area contributed by atoms with Gasteiger partial charge in [0.15, 0.2) is 0 Å². The Balaban J connectivity index is 1.84. The summed E-state index contributed by atoms with van der Waals surface area (Å²) >= 11 is 3.41. The van der Waals surface area contributed by atoms with Crippen molar-refractivity contribution in [2.45, 2.75) is 19.0 Å². The first-order valence-electron chi connectivity index (χ1n) is 5.97. The first-order valence-corrected chi connectivity index (χ1v) is 6.77. The Morgan fingerprint density at radius 2 is 2.06 bits per heavy atom. The Kier molecular flexibility index (Phi) is 3.03. The van der Waals surface area contributed by atoms with Gasteiger partial charge in [0.2, 0.25) is 5.91 Å². The molecule has 0 spiro atoms. The summed E-state index contributed by atoms with van der Waals surface area (Å²) in [5.74, 6) is 0.203. The summed E-state index contributed by atoms with van der Waals surface area (Å²) in [6, 6.07) is 7.88. The van der Waals surface area contributed by atoms with Crippen LogP contribution in [0.25, 0.3) is 0 Å². The van der Waals surface area contributed by atoms with Crippen molar-refractivity contribution in [2.75, 3.05) is 18.1 Å². The molecule has 0 bridgehead atoms. The average Bonchev–Trinajstić information content (AvgIpc) is 2.98. The Hall–Kier alpha value is -1.43. The van der Waals surface area contributed by atoms with E-state index in [2.05, 4.69) is 26.3 Å². The van der Waals surface area contributed by atoms with E-state index in [1.54, 1.807) is 0 Å². The third-order valence-electron chi connectivity index (χ3n) is 3.25. The molecule has 0 radical (unpaired) electrons. The lowest BCUT2D eigenvalue weighted by Crippen LogP contribution is -2.46. The van der Waals surface area contributed by atoms with Crippen LogP contribution in [0, 0.1) is 0 Å². The van der Waals surface area contributed by atoms with Gasteiger partial charge in [0.05, 0.1) is 5.69 Å². The van der Waals surface area contributed by atoms with E-state index in [1.165, 1.54) is 0 Å². The van der Waals surface area contributed by atoms with E-state index >= 15 is 0 Å². The van der Waals surface area contributed by atoms with Gasteiger partial charge >= 0.3 is 0 Å². The van der Waals surface area contributed by atoms with Crippen LogP contribution in [0.1, 0.15) is 12.8 Å². The minimum Gasteiger partial charge on any atom is -0.319 e. The number of nitrogens with zero attached hydrogens (tertiary/aromatic N) is 4. The van der Waals surface area contributed by atoms with Gasteiger partial charge in [-0.2, -0.15) is 5.11 Å². The highest BCUT2D eigenvalue weighted by molar-refractivity contribution is 9.10. The normalized spacial score (nSPS) is 23.2. The van der Waals surface area contributed by atoms with Crippen molar-refractivity contribution < 1.29 is 4.79 Å². The monoisotopic (exact) mass is 308 g/mol. The number of carbonyl (C=O) groups is 1. The van der Waals surface area contributed by atoms with Crippen LogP contribution in [0.15, 0.2) is 39.1 Å². The van der Waals surface area contributed by atoms with Gasteiger partial charge < -0.3 is 4.90 Å². The number of anilines is 1. The maximum absolute atomic E-state index is 11.8. The van der Waals surface area contributed by atoms with E-state index in [1.807, 2.05) is 34.2 Å². The number of hydrogen-bond donors (Lipinski definition) is 0. The summed E-state index contributed by atoms with van der Waals surface area (Å²) in [6.45, 7) is 1.36. The lowest BCUT2D eigenvalue weighted by Gasteiger charge is -2.29. The maximum Gasteiger partial charge on any atom is 0.224 e. The predicted octanol–water partition coefficient (Wildman–Crippen LogP) is 2.58. The van der Waals surface area contributed by atoms with Crippen molar-refractivity contribution in [3.05, 3.63) is 28.7 Å². The third kappa shape index (κ3) is 2.01. The molecule has 2 heterocycles. The van der Waals surface area contributed by atoms with E-state index in [4.69, 9.17) is 0 Å². The van der Waals surface area contributed by atoms with Crippen LogP contribution in [-0.4, -0.2) is 30.1 Å². The Bertz CT molecular complexity index is 487. The number of rotatable bonds is 2. The molecule has 5 nitrogen and oxygen atoms in total. The van der Waals surface area contributed by atoms with Crippen molar-refractivity contribution >= 4 is 27.5 Å². The fraction of sp³-hybridized carbons (Fsp3) is 0.417. The van der Waals surface area contributed by atoms with Crippen LogP contribution in [0.3, 0.4) is 0 Å². The highest BCUT2D eigenvalue weighted by Gasteiger charge is 2.35. The topological polar surface area (TPSA) is 48.3 Å². The second-order valence-electron chi connectivity index (χ2n) is 4.41. The van der Waals surface area contributed by atoms with Gasteiger partial charge in [0.1, 0.15) is 12.7 Å². The van der Waals surface area contributed by atoms with Gasteiger partial charge in [0, 0.05) is 17.4 Å². The minimum atomic E-state index is -0.0545. The summed E-state index contributed by atoms with van der Waals surface area (Å²) in [5.41, 5.74) is 0.962. The molecule has 1 saturated heterocycles. The summed E-state index contributed by atoms with van der Waals surface area (Å²) in [7, 11) is 0. The summed E-state index contributed by atoms with van der Waals surface area (Å²) in [5, 5.41) is 10.0. The van der Waals surface area contributed by atoms with Gasteiger partial charge in [-0.3, -0.25) is 4.79 Å². The van der Waals surface area contributed by atoms with Crippen LogP contribution in [0.2, 0.25) is 0 Å². The molecule has 1 unspecified atom stereocenters. The molecular formula is C12H13BrN4O. The fourth-order valence-electron chi connectivity index (χ4n) is 2.35. The molecule has 1 atom stereocenters. The molecular weight excluding hydrogens is 296 g/mol. The Morgan fingerprint density at radius 3 is 2.72 bits per heavy atom. The van der Waals surface area contributed by atoms with Crippen LogP contribution < -0.4 is 5.01 Å². The highest BCUT2D eigenvalue weighted by Crippen LogP contribution is 2.27. The zero-order valence-corrected chi connectivity index (χ0v) is 11.4. The molecule has 94 valence electrons. The van der Waals surface area contributed by atoms with Gasteiger partial charge in [0.25, 0.3) is 0 Å². The molecule has 2 aliphatic rings. The molecule has 1 aromatic rings. The van der Waals surface area contributed by atoms with E-state index in [-0.39, 0.29) is 12.1 Å². The van der Waals surface area contributed by atoms with Gasteiger partial charge in [-0.25, -0.2) is 5.01 Å². The smallest absolute Gasteiger partial charge is 0.224 e. The van der Waals surface area contributed by atoms with E-state index < -0.39 is 0 Å². The van der Waals surface area contributed by atoms with Crippen molar-refractivity contribution in [3.8, 4) is 0 Å². The zero-order chi connectivity index (χ0) is 12.5. The van der Waals surface area contributed by atoms with Crippen LogP contribution in [0.4, 0.5) is 5.69 Å². The number of benzene rings is 1. The number of amides is 1. The average molecular weight is 309 g/mol. The standard InChI is InChI=1S/C12H13BrN4O/c13-9-3-5-10(6-4-9)17-11(8-14-15-17)16-7-1-2-12(16)18/h3-6,11H,1-2,7-8H2. The first-order chi connectivity index (χ1) is 8.75. The molecule has 18 heavy (non-hydrogen) atoms. The number of halogens is 1. The van der Waals surface area contributed by atoms with Gasteiger partial charge in [-0.15, -0.1) is 0 Å². The molecule has 0 aliphatic carbocycles. The highest BCUT2D eigenvalue weighted by atomic mass is 79.9. The molecule has 0 N–H and O–H groups in total. The van der Waals surface area contributed by atoms with Gasteiger partial charge in [-0.1, -0.05) is 21.2 Å². The summed E-state index contributed by atoms with van der Waals surface area (Å²) < 4.78 is 1.02. The molecule has 0 aromatic heterocycles. The molecule has 1 aromatic carbocycles.